The first-order valence-electron chi connectivity index (χ1n) is 3.91. The summed E-state index contributed by atoms with van der Waals surface area (Å²) < 4.78 is 122. The molecule has 0 spiro atoms. The third kappa shape index (κ3) is 2.69. The van der Waals surface area contributed by atoms with Gasteiger partial charge in [0.05, 0.1) is 5.97 Å². The summed E-state index contributed by atoms with van der Waals surface area (Å²) in [6, 6.07) is -6.80. The van der Waals surface area contributed by atoms with Crippen molar-refractivity contribution in [3.8, 4) is 0 Å². The molecule has 0 aliphatic rings. The molecule has 0 saturated heterocycles. The Morgan fingerprint density at radius 3 is 1.37 bits per heavy atom. The Balaban J connectivity index is 6.00. The molecule has 0 radical (unpaired) electrons. The Labute approximate surface area is 96.9 Å². The number of carboxylic acid groups (broad SMARTS) is 1. The van der Waals surface area contributed by atoms with Gasteiger partial charge in [-0.1, -0.05) is 0 Å². The van der Waals surface area contributed by atoms with Crippen LogP contribution in [0.5, 0.6) is 0 Å². The van der Waals surface area contributed by atoms with Gasteiger partial charge in [-0.2, -0.15) is 39.5 Å². The van der Waals surface area contributed by atoms with Crippen molar-refractivity contribution >= 4 is 5.97 Å². The van der Waals surface area contributed by atoms with Gasteiger partial charge in [0, 0.05) is 0 Å². The molecule has 13 heteroatoms. The second-order valence-electron chi connectivity index (χ2n) is 2.95. The van der Waals surface area contributed by atoms with Crippen LogP contribution in [0, 0.1) is 0 Å². The van der Waals surface area contributed by atoms with Gasteiger partial charge >= 0.3 is 31.0 Å². The van der Waals surface area contributed by atoms with Crippen LogP contribution in [0.3, 0.4) is 0 Å². The zero-order chi connectivity index (χ0) is 15.8. The molecule has 0 aliphatic carbocycles. The smallest absolute Gasteiger partial charge is 0.435 e. The Bertz CT molecular complexity index is 333. The zero-order valence-corrected chi connectivity index (χ0v) is 8.20. The van der Waals surface area contributed by atoms with Crippen LogP contribution < -0.4 is 5.11 Å². The summed E-state index contributed by atoms with van der Waals surface area (Å²) in [7, 11) is 0. The van der Waals surface area contributed by atoms with Crippen LogP contribution in [-0.4, -0.2) is 41.9 Å². The molecule has 0 aromatic heterocycles. The number of hydrogen-bond acceptors (Lipinski definition) is 3. The quantitative estimate of drug-likeness (QED) is 0.569. The highest BCUT2D eigenvalue weighted by atomic mass is 19.4. The van der Waals surface area contributed by atoms with E-state index >= 15 is 0 Å². The monoisotopic (exact) mass is 310 g/mol. The molecule has 0 aromatic carbocycles. The van der Waals surface area contributed by atoms with E-state index in [9.17, 15) is 53.8 Å². The van der Waals surface area contributed by atoms with Gasteiger partial charge in [-0.25, -0.2) is 4.39 Å². The minimum absolute atomic E-state index is 2.82. The maximum atomic E-state index is 12.9. The highest BCUT2D eigenvalue weighted by molar-refractivity contribution is 5.78. The van der Waals surface area contributed by atoms with Gasteiger partial charge in [-0.15, -0.1) is 4.90 Å². The lowest BCUT2D eigenvalue weighted by atomic mass is 10.0. The summed E-state index contributed by atoms with van der Waals surface area (Å²) in [5, 5.41) is 9.86. The van der Waals surface area contributed by atoms with Crippen molar-refractivity contribution in [2.75, 3.05) is 0 Å². The second-order valence-corrected chi connectivity index (χ2v) is 2.95. The molecule has 0 fully saturated rings. The average molecular weight is 310 g/mol. The number of rotatable bonds is 5. The summed E-state index contributed by atoms with van der Waals surface area (Å²) in [5.41, 5.74) is -6.74. The lowest BCUT2D eigenvalue weighted by Crippen LogP contribution is -2.71. The first kappa shape index (κ1) is 17.7. The van der Waals surface area contributed by atoms with Crippen molar-refractivity contribution in [1.82, 2.24) is 4.90 Å². The highest BCUT2D eigenvalue weighted by Gasteiger charge is 2.76. The average Bonchev–Trinajstić information content (AvgIpc) is 2.11. The molecule has 1 unspecified atom stereocenters. The number of hydrogen-bond donors (Lipinski definition) is 0. The number of carboxylic acids is 1. The summed E-state index contributed by atoms with van der Waals surface area (Å²) in [5.74, 6) is -4.18. The molecule has 0 rings (SSSR count). The molecule has 0 N–H and O–H groups in total. The van der Waals surface area contributed by atoms with Crippen LogP contribution in [-0.2, 0) is 4.79 Å². The van der Waals surface area contributed by atoms with Crippen molar-refractivity contribution in [2.45, 2.75) is 31.0 Å². The Kier molecular flexibility index (Phi) is 4.68. The van der Waals surface area contributed by atoms with Crippen molar-refractivity contribution in [3.63, 3.8) is 0 Å². The fourth-order valence-corrected chi connectivity index (χ4v) is 0.917. The van der Waals surface area contributed by atoms with Gasteiger partial charge in [-0.05, 0) is 0 Å². The van der Waals surface area contributed by atoms with Gasteiger partial charge in [0.1, 0.15) is 0 Å². The lowest BCUT2D eigenvalue weighted by Gasteiger charge is -2.40. The number of aliphatic carboxylic acids is 1. The highest BCUT2D eigenvalue weighted by Crippen LogP contribution is 2.48. The van der Waals surface area contributed by atoms with Crippen LogP contribution in [0.25, 0.3) is 0 Å². The maximum Gasteiger partial charge on any atom is 0.435 e. The van der Waals surface area contributed by atoms with Gasteiger partial charge in [0.25, 0.3) is 0 Å². The van der Waals surface area contributed by atoms with E-state index in [1.54, 1.807) is 0 Å². The van der Waals surface area contributed by atoms with E-state index < -0.39 is 41.9 Å². The summed E-state index contributed by atoms with van der Waals surface area (Å²) in [6.07, 6.45) is -6.97. The second kappa shape index (κ2) is 5.02. The van der Waals surface area contributed by atoms with Crippen LogP contribution in [0.2, 0.25) is 0 Å². The topological polar surface area (TPSA) is 43.4 Å². The van der Waals surface area contributed by atoms with E-state index in [0.29, 0.717) is 0 Å². The first-order chi connectivity index (χ1) is 8.21. The predicted octanol–water partition coefficient (Wildman–Crippen LogP) is 1.35. The van der Waals surface area contributed by atoms with E-state index in [0.717, 1.165) is 0 Å². The molecule has 19 heavy (non-hydrogen) atoms. The van der Waals surface area contributed by atoms with E-state index in [4.69, 9.17) is 0 Å². The van der Waals surface area contributed by atoms with E-state index in [-0.39, 0.29) is 0 Å². The molecule has 0 bridgehead atoms. The third-order valence-corrected chi connectivity index (χ3v) is 1.83. The van der Waals surface area contributed by atoms with Crippen LogP contribution in [0.4, 0.5) is 43.9 Å². The molecule has 114 valence electrons. The van der Waals surface area contributed by atoms with Crippen molar-refractivity contribution in [1.29, 1.82) is 0 Å². The Hall–Kier alpha value is -1.27. The number of carbonyl (C=O) groups is 1. The van der Waals surface area contributed by atoms with Crippen LogP contribution in [0.15, 0.2) is 0 Å². The predicted molar refractivity (Wildman–Crippen MR) is 33.7 cm³/mol. The van der Waals surface area contributed by atoms with Crippen LogP contribution >= 0.6 is 0 Å². The molecular weight excluding hydrogens is 308 g/mol. The molecule has 0 heterocycles. The number of alkyl halides is 10. The van der Waals surface area contributed by atoms with E-state index in [1.165, 1.54) is 0 Å². The number of nitrogens with zero attached hydrogens (tertiary/aromatic N) is 1. The van der Waals surface area contributed by atoms with Crippen molar-refractivity contribution in [2.24, 2.45) is 0 Å². The minimum atomic E-state index is -6.97. The van der Waals surface area contributed by atoms with Gasteiger partial charge < -0.3 is 9.90 Å². The van der Waals surface area contributed by atoms with Crippen LogP contribution in [0.1, 0.15) is 0 Å². The van der Waals surface area contributed by atoms with Gasteiger partial charge in [0.15, 0.2) is 0 Å². The maximum absolute atomic E-state index is 12.9. The molecule has 0 amide bonds. The van der Waals surface area contributed by atoms with E-state index in [1.807, 2.05) is 0 Å². The standard InChI is InChI=1S/C6H3F10NO2/c7-2(8)17(3(9)10)6(15,16)4(11,1(18)19)5(12,13)14/h2-3H,(H,18,19)/p-1. The third-order valence-electron chi connectivity index (χ3n) is 1.83. The largest absolute Gasteiger partial charge is 0.546 e. The normalized spacial score (nSPS) is 17.1. The minimum Gasteiger partial charge on any atom is -0.546 e. The van der Waals surface area contributed by atoms with Gasteiger partial charge in [0.2, 0.25) is 0 Å². The first-order valence-corrected chi connectivity index (χ1v) is 3.91. The molecule has 0 aliphatic heterocycles. The SMILES string of the molecule is O=C([O-])C(F)(C(F)(F)F)C(F)(F)N(C(F)F)C(F)F. The molecule has 0 saturated carbocycles. The Morgan fingerprint density at radius 1 is 0.895 bits per heavy atom. The number of halogens is 10. The molecule has 1 atom stereocenters. The van der Waals surface area contributed by atoms with Crippen molar-refractivity contribution < 1.29 is 53.8 Å². The fraction of sp³-hybridized carbons (Fsp3) is 0.833. The van der Waals surface area contributed by atoms with Gasteiger partial charge in [-0.3, -0.25) is 0 Å². The number of carbonyl (C=O) groups excluding carboxylic acids is 1. The summed E-state index contributed by atoms with van der Waals surface area (Å²) in [4.78, 5) is 7.04. The molecule has 3 nitrogen and oxygen atoms in total. The molecular formula is C6H2F10NO2-. The fourth-order valence-electron chi connectivity index (χ4n) is 0.917. The van der Waals surface area contributed by atoms with Crippen molar-refractivity contribution in [3.05, 3.63) is 0 Å². The zero-order valence-electron chi connectivity index (χ0n) is 8.20. The van der Waals surface area contributed by atoms with E-state index in [2.05, 4.69) is 0 Å². The summed E-state index contributed by atoms with van der Waals surface area (Å²) >= 11 is 0. The Morgan fingerprint density at radius 2 is 1.21 bits per heavy atom. The summed E-state index contributed by atoms with van der Waals surface area (Å²) in [6.45, 7) is -9.93. The lowest BCUT2D eigenvalue weighted by molar-refractivity contribution is -0.406. The molecule has 0 aromatic rings.